The molecule has 1 aromatic carbocycles. The van der Waals surface area contributed by atoms with E-state index in [-0.39, 0.29) is 6.42 Å². The van der Waals surface area contributed by atoms with Crippen LogP contribution in [0.2, 0.25) is 0 Å². The minimum absolute atomic E-state index is 0.250. The summed E-state index contributed by atoms with van der Waals surface area (Å²) in [4.78, 5) is 10.9. The van der Waals surface area contributed by atoms with Crippen molar-refractivity contribution in [1.82, 2.24) is 0 Å². The first kappa shape index (κ1) is 13.7. The van der Waals surface area contributed by atoms with E-state index >= 15 is 0 Å². The highest BCUT2D eigenvalue weighted by Gasteiger charge is 2.44. The molecule has 1 unspecified atom stereocenters. The Morgan fingerprint density at radius 2 is 1.95 bits per heavy atom. The molecule has 1 fully saturated rings. The van der Waals surface area contributed by atoms with E-state index < -0.39 is 17.8 Å². The quantitative estimate of drug-likeness (QED) is 0.882. The van der Waals surface area contributed by atoms with E-state index in [4.69, 9.17) is 20.3 Å². The maximum atomic E-state index is 10.9. The SMILES string of the molecule is NC(Cc1cc2c(cc1Br)OC1(CCCC1)O2)C(=O)O. The topological polar surface area (TPSA) is 81.8 Å². The Kier molecular flexibility index (Phi) is 3.38. The minimum Gasteiger partial charge on any atom is -0.480 e. The van der Waals surface area contributed by atoms with Gasteiger partial charge in [-0.3, -0.25) is 4.79 Å². The Labute approximate surface area is 125 Å². The van der Waals surface area contributed by atoms with Crippen LogP contribution < -0.4 is 15.2 Å². The normalized spacial score (nSPS) is 20.3. The number of rotatable bonds is 3. The molecule has 1 aliphatic carbocycles. The molecule has 3 rings (SSSR count). The van der Waals surface area contributed by atoms with E-state index in [1.807, 2.05) is 12.1 Å². The monoisotopic (exact) mass is 341 g/mol. The Morgan fingerprint density at radius 3 is 2.55 bits per heavy atom. The lowest BCUT2D eigenvalue weighted by Crippen LogP contribution is -2.34. The van der Waals surface area contributed by atoms with Gasteiger partial charge in [0.05, 0.1) is 0 Å². The van der Waals surface area contributed by atoms with Gasteiger partial charge in [-0.1, -0.05) is 15.9 Å². The summed E-state index contributed by atoms with van der Waals surface area (Å²) in [5.74, 6) is -0.120. The minimum atomic E-state index is -1.01. The molecular formula is C14H16BrNO4. The molecule has 0 bridgehead atoms. The summed E-state index contributed by atoms with van der Waals surface area (Å²) in [6.45, 7) is 0. The summed E-state index contributed by atoms with van der Waals surface area (Å²) < 4.78 is 12.7. The second kappa shape index (κ2) is 4.93. The van der Waals surface area contributed by atoms with Gasteiger partial charge in [0.2, 0.25) is 0 Å². The van der Waals surface area contributed by atoms with Gasteiger partial charge < -0.3 is 20.3 Å². The van der Waals surface area contributed by atoms with Gasteiger partial charge in [-0.05, 0) is 37.0 Å². The highest BCUT2D eigenvalue weighted by atomic mass is 79.9. The van der Waals surface area contributed by atoms with Crippen LogP contribution >= 0.6 is 15.9 Å². The van der Waals surface area contributed by atoms with Gasteiger partial charge in [0.25, 0.3) is 5.79 Å². The van der Waals surface area contributed by atoms with Gasteiger partial charge in [0.15, 0.2) is 11.5 Å². The fourth-order valence-electron chi connectivity index (χ4n) is 2.76. The van der Waals surface area contributed by atoms with Crippen molar-refractivity contribution < 1.29 is 19.4 Å². The van der Waals surface area contributed by atoms with Crippen LogP contribution in [-0.2, 0) is 11.2 Å². The van der Waals surface area contributed by atoms with E-state index in [0.717, 1.165) is 35.7 Å². The molecular weight excluding hydrogens is 326 g/mol. The molecule has 1 heterocycles. The number of carboxylic acids is 1. The largest absolute Gasteiger partial charge is 0.480 e. The average molecular weight is 342 g/mol. The van der Waals surface area contributed by atoms with Crippen LogP contribution in [-0.4, -0.2) is 22.9 Å². The summed E-state index contributed by atoms with van der Waals surface area (Å²) in [7, 11) is 0. The highest BCUT2D eigenvalue weighted by molar-refractivity contribution is 9.10. The standard InChI is InChI=1S/C14H16BrNO4/c15-9-7-12-11(6-8(9)5-10(16)13(17)18)19-14(20-12)3-1-2-4-14/h6-7,10H,1-5,16H2,(H,17,18). The molecule has 0 amide bonds. The van der Waals surface area contributed by atoms with E-state index in [1.54, 1.807) is 0 Å². The number of ether oxygens (including phenoxy) is 2. The van der Waals surface area contributed by atoms with Crippen LogP contribution in [0.25, 0.3) is 0 Å². The van der Waals surface area contributed by atoms with Crippen molar-refractivity contribution in [3.05, 3.63) is 22.2 Å². The third-order valence-corrected chi connectivity index (χ3v) is 4.57. The summed E-state index contributed by atoms with van der Waals surface area (Å²) in [6, 6.07) is 2.74. The summed E-state index contributed by atoms with van der Waals surface area (Å²) in [5.41, 5.74) is 6.40. The van der Waals surface area contributed by atoms with Gasteiger partial charge >= 0.3 is 5.97 Å². The molecule has 0 aromatic heterocycles. The molecule has 2 aliphatic rings. The third kappa shape index (κ3) is 2.38. The molecule has 1 aromatic rings. The zero-order valence-electron chi connectivity index (χ0n) is 10.9. The van der Waals surface area contributed by atoms with Crippen molar-refractivity contribution in [2.75, 3.05) is 0 Å². The number of aliphatic carboxylic acids is 1. The Hall–Kier alpha value is -1.27. The maximum Gasteiger partial charge on any atom is 0.320 e. The number of hydrogen-bond acceptors (Lipinski definition) is 4. The molecule has 108 valence electrons. The first-order chi connectivity index (χ1) is 9.49. The number of hydrogen-bond donors (Lipinski definition) is 2. The van der Waals surface area contributed by atoms with E-state index in [2.05, 4.69) is 15.9 Å². The van der Waals surface area contributed by atoms with Crippen molar-refractivity contribution in [3.63, 3.8) is 0 Å². The number of halogens is 1. The first-order valence-electron chi connectivity index (χ1n) is 6.68. The Balaban J connectivity index is 1.85. The fraction of sp³-hybridized carbons (Fsp3) is 0.500. The maximum absolute atomic E-state index is 10.9. The van der Waals surface area contributed by atoms with Gasteiger partial charge in [0, 0.05) is 17.3 Å². The van der Waals surface area contributed by atoms with Crippen LogP contribution in [0.5, 0.6) is 11.5 Å². The highest BCUT2D eigenvalue weighted by Crippen LogP contribution is 2.48. The molecule has 1 saturated carbocycles. The van der Waals surface area contributed by atoms with Crippen LogP contribution in [0.1, 0.15) is 31.2 Å². The molecule has 3 N–H and O–H groups in total. The predicted octanol–water partition coefficient (Wildman–Crippen LogP) is 2.45. The lowest BCUT2D eigenvalue weighted by molar-refractivity contribution is -0.138. The Bertz CT molecular complexity index is 554. The molecule has 6 heteroatoms. The average Bonchev–Trinajstić information content (AvgIpc) is 2.96. The van der Waals surface area contributed by atoms with Gasteiger partial charge in [-0.15, -0.1) is 0 Å². The zero-order chi connectivity index (χ0) is 14.3. The molecule has 0 radical (unpaired) electrons. The van der Waals surface area contributed by atoms with Crippen molar-refractivity contribution >= 4 is 21.9 Å². The summed E-state index contributed by atoms with van der Waals surface area (Å²) in [6.07, 6.45) is 4.24. The van der Waals surface area contributed by atoms with Crippen LogP contribution in [0.4, 0.5) is 0 Å². The third-order valence-electron chi connectivity index (χ3n) is 3.83. The van der Waals surface area contributed by atoms with Crippen LogP contribution in [0.15, 0.2) is 16.6 Å². The fourth-order valence-corrected chi connectivity index (χ4v) is 3.24. The molecule has 0 saturated heterocycles. The first-order valence-corrected chi connectivity index (χ1v) is 7.47. The zero-order valence-corrected chi connectivity index (χ0v) is 12.5. The van der Waals surface area contributed by atoms with Crippen molar-refractivity contribution in [3.8, 4) is 11.5 Å². The van der Waals surface area contributed by atoms with Crippen molar-refractivity contribution in [2.45, 2.75) is 43.9 Å². The lowest BCUT2D eigenvalue weighted by Gasteiger charge is -2.21. The summed E-state index contributed by atoms with van der Waals surface area (Å²) in [5, 5.41) is 8.90. The number of carbonyl (C=O) groups is 1. The van der Waals surface area contributed by atoms with Crippen molar-refractivity contribution in [2.24, 2.45) is 5.73 Å². The molecule has 1 atom stereocenters. The van der Waals surface area contributed by atoms with Gasteiger partial charge in [0.1, 0.15) is 6.04 Å². The molecule has 20 heavy (non-hydrogen) atoms. The van der Waals surface area contributed by atoms with Crippen molar-refractivity contribution in [1.29, 1.82) is 0 Å². The van der Waals surface area contributed by atoms with E-state index in [0.29, 0.717) is 11.5 Å². The number of carboxylic acid groups (broad SMARTS) is 1. The molecule has 5 nitrogen and oxygen atoms in total. The summed E-state index contributed by atoms with van der Waals surface area (Å²) >= 11 is 3.44. The predicted molar refractivity (Wildman–Crippen MR) is 75.9 cm³/mol. The second-order valence-corrected chi connectivity index (χ2v) is 6.22. The van der Waals surface area contributed by atoms with Gasteiger partial charge in [-0.25, -0.2) is 0 Å². The van der Waals surface area contributed by atoms with Crippen LogP contribution in [0.3, 0.4) is 0 Å². The molecule has 1 aliphatic heterocycles. The van der Waals surface area contributed by atoms with Crippen LogP contribution in [0, 0.1) is 0 Å². The Morgan fingerprint density at radius 1 is 1.35 bits per heavy atom. The smallest absolute Gasteiger partial charge is 0.320 e. The van der Waals surface area contributed by atoms with Gasteiger partial charge in [-0.2, -0.15) is 0 Å². The van der Waals surface area contributed by atoms with E-state index in [1.165, 1.54) is 0 Å². The number of fused-ring (bicyclic) bond motifs is 1. The number of benzene rings is 1. The molecule has 1 spiro atoms. The lowest BCUT2D eigenvalue weighted by atomic mass is 10.1. The van der Waals surface area contributed by atoms with E-state index in [9.17, 15) is 4.79 Å². The second-order valence-electron chi connectivity index (χ2n) is 5.36. The number of nitrogens with two attached hydrogens (primary N) is 1.